The average molecular weight is 518 g/mol. The second kappa shape index (κ2) is 9.13. The molecule has 0 aliphatic carbocycles. The predicted octanol–water partition coefficient (Wildman–Crippen LogP) is 5.03. The summed E-state index contributed by atoms with van der Waals surface area (Å²) in [7, 11) is 3.96. The highest BCUT2D eigenvalue weighted by molar-refractivity contribution is 9.10. The van der Waals surface area contributed by atoms with Gasteiger partial charge in [-0.05, 0) is 50.0 Å². The Morgan fingerprint density at radius 2 is 1.91 bits per heavy atom. The summed E-state index contributed by atoms with van der Waals surface area (Å²) in [6, 6.07) is 19.7. The molecule has 0 radical (unpaired) electrons. The summed E-state index contributed by atoms with van der Waals surface area (Å²) in [6.45, 7) is 0.656. The molecule has 1 atom stereocenters. The zero-order valence-corrected chi connectivity index (χ0v) is 20.5. The van der Waals surface area contributed by atoms with Crippen LogP contribution in [0.2, 0.25) is 0 Å². The Morgan fingerprint density at radius 3 is 2.59 bits per heavy atom. The van der Waals surface area contributed by atoms with E-state index in [4.69, 9.17) is 9.40 Å². The first kappa shape index (κ1) is 22.5. The topological polar surface area (TPSA) is 80.2 Å². The molecule has 0 bridgehead atoms. The van der Waals surface area contributed by atoms with E-state index < -0.39 is 5.60 Å². The normalized spacial score (nSPS) is 13.4. The van der Waals surface area contributed by atoms with Crippen molar-refractivity contribution in [3.63, 3.8) is 0 Å². The van der Waals surface area contributed by atoms with E-state index in [1.165, 1.54) is 6.33 Å². The molecule has 7 nitrogen and oxygen atoms in total. The molecule has 34 heavy (non-hydrogen) atoms. The number of hydrogen-bond donors (Lipinski definition) is 1. The van der Waals surface area contributed by atoms with Crippen molar-refractivity contribution in [2.45, 2.75) is 12.0 Å². The molecule has 2 aromatic carbocycles. The third kappa shape index (κ3) is 4.16. The van der Waals surface area contributed by atoms with Crippen LogP contribution in [0.3, 0.4) is 0 Å². The fraction of sp³-hybridized carbons (Fsp3) is 0.192. The summed E-state index contributed by atoms with van der Waals surface area (Å²) < 4.78 is 8.23. The summed E-state index contributed by atoms with van der Waals surface area (Å²) >= 11 is 3.65. The fourth-order valence-corrected chi connectivity index (χ4v) is 4.64. The minimum Gasteiger partial charge on any atom is -0.466 e. The number of rotatable bonds is 7. The molecular weight excluding hydrogens is 494 g/mol. The third-order valence-corrected chi connectivity index (χ3v) is 6.34. The maximum absolute atomic E-state index is 12.1. The number of pyridine rings is 1. The number of hydrogen-bond acceptors (Lipinski definition) is 6. The number of nitrogens with zero attached hydrogens (tertiary/aromatic N) is 5. The third-order valence-electron chi connectivity index (χ3n) is 5.88. The van der Waals surface area contributed by atoms with Gasteiger partial charge in [0.25, 0.3) is 0 Å². The van der Waals surface area contributed by atoms with Gasteiger partial charge < -0.3 is 14.4 Å². The molecule has 1 unspecified atom stereocenters. The first-order chi connectivity index (χ1) is 16.5. The van der Waals surface area contributed by atoms with Gasteiger partial charge in [-0.25, -0.2) is 14.6 Å². The molecule has 0 aliphatic heterocycles. The van der Waals surface area contributed by atoms with Gasteiger partial charge in [0, 0.05) is 34.0 Å². The lowest BCUT2D eigenvalue weighted by Crippen LogP contribution is -2.32. The van der Waals surface area contributed by atoms with Gasteiger partial charge in [-0.2, -0.15) is 5.10 Å². The Bertz CT molecular complexity index is 1400. The first-order valence-electron chi connectivity index (χ1n) is 10.9. The van der Waals surface area contributed by atoms with Crippen molar-refractivity contribution in [3.05, 3.63) is 95.4 Å². The van der Waals surface area contributed by atoms with Crippen LogP contribution in [0, 0.1) is 0 Å². The van der Waals surface area contributed by atoms with Gasteiger partial charge >= 0.3 is 0 Å². The SMILES string of the molecule is CN(C)CCC(O)(c1ccco1)c1cc(Br)cc2cc(-c3ccccc3)c(-n3cncn3)nc12. The van der Waals surface area contributed by atoms with Crippen molar-refractivity contribution in [3.8, 4) is 16.9 Å². The highest BCUT2D eigenvalue weighted by Gasteiger charge is 2.37. The lowest BCUT2D eigenvalue weighted by Gasteiger charge is -2.29. The van der Waals surface area contributed by atoms with Crippen LogP contribution >= 0.6 is 15.9 Å². The Hall–Kier alpha value is -3.33. The number of aliphatic hydroxyl groups is 1. The molecule has 0 aliphatic rings. The standard InChI is InChI=1S/C26H24BrN5O2/c1-31(2)11-10-26(33,23-9-6-12-34-23)22-15-20(27)13-19-14-21(18-7-4-3-5-8-18)25(30-24(19)22)32-17-28-16-29-32/h3-9,12-17,33H,10-11H2,1-2H3. The molecule has 5 rings (SSSR count). The van der Waals surface area contributed by atoms with E-state index in [9.17, 15) is 5.11 Å². The second-order valence-electron chi connectivity index (χ2n) is 8.48. The molecule has 1 N–H and O–H groups in total. The van der Waals surface area contributed by atoms with Gasteiger partial charge in [0.1, 0.15) is 18.4 Å². The van der Waals surface area contributed by atoms with Crippen molar-refractivity contribution in [1.29, 1.82) is 0 Å². The van der Waals surface area contributed by atoms with E-state index in [2.05, 4.69) is 32.1 Å². The zero-order valence-electron chi connectivity index (χ0n) is 18.9. The second-order valence-corrected chi connectivity index (χ2v) is 9.40. The van der Waals surface area contributed by atoms with Crippen LogP contribution in [0.25, 0.3) is 27.8 Å². The van der Waals surface area contributed by atoms with Crippen molar-refractivity contribution in [2.75, 3.05) is 20.6 Å². The molecule has 0 saturated heterocycles. The largest absolute Gasteiger partial charge is 0.466 e. The zero-order chi connectivity index (χ0) is 23.7. The fourth-order valence-electron chi connectivity index (χ4n) is 4.17. The Kier molecular flexibility index (Phi) is 6.03. The number of benzene rings is 2. The minimum atomic E-state index is -1.38. The molecular formula is C26H24BrN5O2. The first-order valence-corrected chi connectivity index (χ1v) is 11.7. The monoisotopic (exact) mass is 517 g/mol. The maximum atomic E-state index is 12.1. The molecule has 0 fully saturated rings. The molecule has 5 aromatic rings. The molecule has 3 aromatic heterocycles. The summed E-state index contributed by atoms with van der Waals surface area (Å²) in [6.07, 6.45) is 5.13. The van der Waals surface area contributed by atoms with Crippen molar-refractivity contribution < 1.29 is 9.52 Å². The Labute approximate surface area is 205 Å². The molecule has 0 spiro atoms. The lowest BCUT2D eigenvalue weighted by molar-refractivity contribution is 0.0420. The van der Waals surface area contributed by atoms with Gasteiger partial charge in [-0.3, -0.25) is 0 Å². The molecule has 0 amide bonds. The molecule has 0 saturated carbocycles. The summed E-state index contributed by atoms with van der Waals surface area (Å²) in [5.41, 5.74) is 1.88. The molecule has 8 heteroatoms. The van der Waals surface area contributed by atoms with Crippen LogP contribution in [0.1, 0.15) is 17.7 Å². The average Bonchev–Trinajstić information content (AvgIpc) is 3.57. The van der Waals surface area contributed by atoms with Crippen LogP contribution in [-0.2, 0) is 5.60 Å². The minimum absolute atomic E-state index is 0.430. The van der Waals surface area contributed by atoms with Crippen LogP contribution in [0.15, 0.2) is 88.5 Å². The van der Waals surface area contributed by atoms with Crippen LogP contribution < -0.4 is 0 Å². The number of fused-ring (bicyclic) bond motifs is 1. The number of halogens is 1. The van der Waals surface area contributed by atoms with E-state index in [1.807, 2.05) is 61.5 Å². The van der Waals surface area contributed by atoms with Gasteiger partial charge in [0.05, 0.1) is 11.8 Å². The van der Waals surface area contributed by atoms with Crippen LogP contribution in [-0.4, -0.2) is 50.4 Å². The van der Waals surface area contributed by atoms with Crippen LogP contribution in [0.4, 0.5) is 0 Å². The quantitative estimate of drug-likeness (QED) is 0.326. The number of furan rings is 1. The van der Waals surface area contributed by atoms with E-state index in [0.29, 0.717) is 35.6 Å². The Morgan fingerprint density at radius 1 is 1.09 bits per heavy atom. The van der Waals surface area contributed by atoms with Crippen molar-refractivity contribution in [2.24, 2.45) is 0 Å². The molecule has 172 valence electrons. The molecule has 3 heterocycles. The predicted molar refractivity (Wildman–Crippen MR) is 135 cm³/mol. The van der Waals surface area contributed by atoms with Crippen molar-refractivity contribution in [1.82, 2.24) is 24.6 Å². The Balaban J connectivity index is 1.80. The van der Waals surface area contributed by atoms with E-state index >= 15 is 0 Å². The summed E-state index contributed by atoms with van der Waals surface area (Å²) in [4.78, 5) is 11.2. The van der Waals surface area contributed by atoms with Crippen molar-refractivity contribution >= 4 is 26.8 Å². The lowest BCUT2D eigenvalue weighted by atomic mass is 9.85. The highest BCUT2D eigenvalue weighted by atomic mass is 79.9. The van der Waals surface area contributed by atoms with E-state index in [-0.39, 0.29) is 0 Å². The van der Waals surface area contributed by atoms with Gasteiger partial charge in [0.15, 0.2) is 11.4 Å². The number of aromatic nitrogens is 4. The van der Waals surface area contributed by atoms with E-state index in [1.54, 1.807) is 29.4 Å². The van der Waals surface area contributed by atoms with Gasteiger partial charge in [-0.1, -0.05) is 46.3 Å². The highest BCUT2D eigenvalue weighted by Crippen LogP contribution is 2.40. The maximum Gasteiger partial charge on any atom is 0.163 e. The van der Waals surface area contributed by atoms with Gasteiger partial charge in [0.2, 0.25) is 0 Å². The summed E-state index contributed by atoms with van der Waals surface area (Å²) in [5, 5.41) is 17.3. The van der Waals surface area contributed by atoms with E-state index in [0.717, 1.165) is 21.0 Å². The van der Waals surface area contributed by atoms with Crippen LogP contribution in [0.5, 0.6) is 0 Å². The summed E-state index contributed by atoms with van der Waals surface area (Å²) in [5.74, 6) is 1.11. The van der Waals surface area contributed by atoms with Gasteiger partial charge in [-0.15, -0.1) is 0 Å². The smallest absolute Gasteiger partial charge is 0.163 e.